The highest BCUT2D eigenvalue weighted by molar-refractivity contribution is 5.77. The van der Waals surface area contributed by atoms with Crippen LogP contribution in [0.4, 0.5) is 0 Å². The van der Waals surface area contributed by atoms with Crippen LogP contribution in [0.5, 0.6) is 0 Å². The van der Waals surface area contributed by atoms with Gasteiger partial charge in [0.1, 0.15) is 0 Å². The van der Waals surface area contributed by atoms with Gasteiger partial charge in [-0.25, -0.2) is 0 Å². The predicted molar refractivity (Wildman–Crippen MR) is 69.8 cm³/mol. The molecule has 3 nitrogen and oxygen atoms in total. The normalized spacial score (nSPS) is 27.7. The van der Waals surface area contributed by atoms with Crippen LogP contribution >= 0.6 is 0 Å². The predicted octanol–water partition coefficient (Wildman–Crippen LogP) is 2.25. The lowest BCUT2D eigenvalue weighted by Crippen LogP contribution is -2.27. The van der Waals surface area contributed by atoms with Gasteiger partial charge >= 0.3 is 0 Å². The molecule has 1 aliphatic heterocycles. The molecule has 2 N–H and O–H groups in total. The molecule has 0 fully saturated rings. The van der Waals surface area contributed by atoms with Gasteiger partial charge in [-0.2, -0.15) is 0 Å². The summed E-state index contributed by atoms with van der Waals surface area (Å²) in [5.74, 6) is -0.166. The van der Waals surface area contributed by atoms with E-state index in [9.17, 15) is 4.79 Å². The van der Waals surface area contributed by atoms with Gasteiger partial charge in [0.25, 0.3) is 0 Å². The van der Waals surface area contributed by atoms with E-state index in [1.54, 1.807) is 0 Å². The van der Waals surface area contributed by atoms with Crippen LogP contribution in [0, 0.1) is 5.92 Å². The number of fused-ring (bicyclic) bond motifs is 1. The second-order valence-electron chi connectivity index (χ2n) is 5.38. The summed E-state index contributed by atoms with van der Waals surface area (Å²) in [6, 6.07) is 0. The third kappa shape index (κ3) is 2.03. The lowest BCUT2D eigenvalue weighted by atomic mass is 9.79. The van der Waals surface area contributed by atoms with Crippen LogP contribution in [-0.4, -0.2) is 19.1 Å². The van der Waals surface area contributed by atoms with Crippen LogP contribution in [0.1, 0.15) is 32.1 Å². The Kier molecular flexibility index (Phi) is 3.08. The third-order valence-electron chi connectivity index (χ3n) is 4.22. The lowest BCUT2D eigenvalue weighted by Gasteiger charge is -2.26. The molecule has 1 atom stereocenters. The molecule has 1 unspecified atom stereocenters. The number of hydrogen-bond acceptors (Lipinski definition) is 2. The molecular formula is C15H19NO2. The second kappa shape index (κ2) is 4.73. The van der Waals surface area contributed by atoms with Crippen LogP contribution in [0.3, 0.4) is 0 Å². The molecule has 3 rings (SSSR count). The van der Waals surface area contributed by atoms with Crippen molar-refractivity contribution < 1.29 is 9.53 Å². The third-order valence-corrected chi connectivity index (χ3v) is 4.22. The Bertz CT molecular complexity index is 471. The van der Waals surface area contributed by atoms with E-state index in [2.05, 4.69) is 12.2 Å². The van der Waals surface area contributed by atoms with E-state index in [0.29, 0.717) is 6.61 Å². The number of primary amides is 1. The number of nitrogens with two attached hydrogens (primary N) is 1. The van der Waals surface area contributed by atoms with E-state index in [4.69, 9.17) is 10.5 Å². The Hall–Kier alpha value is -1.35. The Morgan fingerprint density at radius 1 is 1.28 bits per heavy atom. The van der Waals surface area contributed by atoms with Crippen molar-refractivity contribution in [2.45, 2.75) is 32.1 Å². The van der Waals surface area contributed by atoms with Crippen LogP contribution in [0.15, 0.2) is 34.4 Å². The first-order chi connectivity index (χ1) is 8.75. The van der Waals surface area contributed by atoms with E-state index in [1.807, 2.05) is 0 Å². The summed E-state index contributed by atoms with van der Waals surface area (Å²) in [7, 11) is 0. The Balaban J connectivity index is 1.95. The minimum absolute atomic E-state index is 0.00192. The molecule has 0 spiro atoms. The summed E-state index contributed by atoms with van der Waals surface area (Å²) in [5, 5.41) is 0. The molecule has 1 heterocycles. The Labute approximate surface area is 107 Å². The number of hydrogen-bond donors (Lipinski definition) is 1. The van der Waals surface area contributed by atoms with Crippen LogP contribution in [-0.2, 0) is 9.53 Å². The van der Waals surface area contributed by atoms with Gasteiger partial charge in [0.05, 0.1) is 13.2 Å². The first-order valence-corrected chi connectivity index (χ1v) is 6.72. The van der Waals surface area contributed by atoms with E-state index in [1.165, 1.54) is 22.3 Å². The number of carbonyl (C=O) groups excluding carboxylic acids is 1. The number of amides is 1. The number of carbonyl (C=O) groups is 1. The summed E-state index contributed by atoms with van der Waals surface area (Å²) in [4.78, 5) is 11.3. The Morgan fingerprint density at radius 2 is 2.11 bits per heavy atom. The van der Waals surface area contributed by atoms with E-state index >= 15 is 0 Å². The summed E-state index contributed by atoms with van der Waals surface area (Å²) < 4.78 is 5.76. The van der Waals surface area contributed by atoms with Gasteiger partial charge in [-0.1, -0.05) is 12.2 Å². The van der Waals surface area contributed by atoms with Crippen molar-refractivity contribution in [1.29, 1.82) is 0 Å². The van der Waals surface area contributed by atoms with Crippen molar-refractivity contribution in [1.82, 2.24) is 0 Å². The Morgan fingerprint density at radius 3 is 2.94 bits per heavy atom. The SMILES string of the molecule is NC(=O)C1CCC2=C(COCC3=C2C=CCC3)C1. The molecule has 96 valence electrons. The summed E-state index contributed by atoms with van der Waals surface area (Å²) in [6.45, 7) is 1.41. The second-order valence-corrected chi connectivity index (χ2v) is 5.38. The number of allylic oxidation sites excluding steroid dienone is 4. The van der Waals surface area contributed by atoms with Crippen LogP contribution < -0.4 is 5.73 Å². The van der Waals surface area contributed by atoms with Crippen molar-refractivity contribution in [3.63, 3.8) is 0 Å². The van der Waals surface area contributed by atoms with Crippen molar-refractivity contribution in [2.24, 2.45) is 11.7 Å². The molecule has 18 heavy (non-hydrogen) atoms. The van der Waals surface area contributed by atoms with Crippen molar-refractivity contribution in [3.8, 4) is 0 Å². The highest BCUT2D eigenvalue weighted by atomic mass is 16.5. The molecule has 2 aliphatic carbocycles. The van der Waals surface area contributed by atoms with Gasteiger partial charge < -0.3 is 10.5 Å². The van der Waals surface area contributed by atoms with Gasteiger partial charge in [-0.15, -0.1) is 0 Å². The van der Waals surface area contributed by atoms with Crippen molar-refractivity contribution >= 4 is 5.91 Å². The first kappa shape index (κ1) is 11.7. The summed E-state index contributed by atoms with van der Waals surface area (Å²) >= 11 is 0. The first-order valence-electron chi connectivity index (χ1n) is 6.72. The number of ether oxygens (including phenoxy) is 1. The maximum atomic E-state index is 11.3. The smallest absolute Gasteiger partial charge is 0.220 e. The van der Waals surface area contributed by atoms with Crippen LogP contribution in [0.25, 0.3) is 0 Å². The monoisotopic (exact) mass is 245 g/mol. The highest BCUT2D eigenvalue weighted by Gasteiger charge is 2.28. The average Bonchev–Trinajstić information content (AvgIpc) is 2.57. The fourth-order valence-electron chi connectivity index (χ4n) is 3.20. The van der Waals surface area contributed by atoms with Gasteiger partial charge in [0, 0.05) is 5.92 Å². The maximum Gasteiger partial charge on any atom is 0.220 e. The van der Waals surface area contributed by atoms with E-state index < -0.39 is 0 Å². The molecule has 0 saturated heterocycles. The van der Waals surface area contributed by atoms with E-state index in [0.717, 1.165) is 38.7 Å². The van der Waals surface area contributed by atoms with Crippen molar-refractivity contribution in [2.75, 3.05) is 13.2 Å². The molecule has 0 aromatic heterocycles. The molecule has 0 aromatic rings. The zero-order chi connectivity index (χ0) is 12.5. The van der Waals surface area contributed by atoms with Gasteiger partial charge in [0.15, 0.2) is 0 Å². The average molecular weight is 245 g/mol. The zero-order valence-electron chi connectivity index (χ0n) is 10.6. The standard InChI is InChI=1S/C15H19NO2/c16-15(17)10-5-6-14-12(7-10)9-18-8-11-3-1-2-4-13(11)14/h2,4,10H,1,3,5-9H2,(H2,16,17). The molecule has 0 radical (unpaired) electrons. The lowest BCUT2D eigenvalue weighted by molar-refractivity contribution is -0.122. The zero-order valence-corrected chi connectivity index (χ0v) is 10.6. The molecule has 3 aliphatic rings. The minimum atomic E-state index is -0.167. The molecular weight excluding hydrogens is 226 g/mol. The highest BCUT2D eigenvalue weighted by Crippen LogP contribution is 2.38. The fraction of sp³-hybridized carbons (Fsp3) is 0.533. The number of rotatable bonds is 1. The quantitative estimate of drug-likeness (QED) is 0.770. The summed E-state index contributed by atoms with van der Waals surface area (Å²) in [6.07, 6.45) is 9.36. The molecule has 0 bridgehead atoms. The largest absolute Gasteiger partial charge is 0.373 e. The van der Waals surface area contributed by atoms with Gasteiger partial charge in [0.2, 0.25) is 5.91 Å². The van der Waals surface area contributed by atoms with Crippen LogP contribution in [0.2, 0.25) is 0 Å². The molecule has 1 amide bonds. The van der Waals surface area contributed by atoms with Gasteiger partial charge in [-0.3, -0.25) is 4.79 Å². The topological polar surface area (TPSA) is 52.3 Å². The maximum absolute atomic E-state index is 11.3. The van der Waals surface area contributed by atoms with E-state index in [-0.39, 0.29) is 11.8 Å². The fourth-order valence-corrected chi connectivity index (χ4v) is 3.20. The molecule has 0 aromatic carbocycles. The molecule has 3 heteroatoms. The van der Waals surface area contributed by atoms with Crippen molar-refractivity contribution in [3.05, 3.63) is 34.4 Å². The molecule has 0 saturated carbocycles. The van der Waals surface area contributed by atoms with Gasteiger partial charge in [-0.05, 0) is 54.4 Å². The summed E-state index contributed by atoms with van der Waals surface area (Å²) in [5.41, 5.74) is 11.0. The minimum Gasteiger partial charge on any atom is -0.373 e.